The Morgan fingerprint density at radius 2 is 2.29 bits per heavy atom. The van der Waals surface area contributed by atoms with E-state index >= 15 is 0 Å². The number of hydrogen-bond acceptors (Lipinski definition) is 2. The van der Waals surface area contributed by atoms with Crippen molar-refractivity contribution >= 4 is 5.69 Å². The summed E-state index contributed by atoms with van der Waals surface area (Å²) in [6.45, 7) is 2.12. The summed E-state index contributed by atoms with van der Waals surface area (Å²) in [6, 6.07) is 7.74. The molecule has 0 unspecified atom stereocenters. The van der Waals surface area contributed by atoms with Crippen molar-refractivity contribution in [2.45, 2.75) is 13.3 Å². The first-order valence-electron chi connectivity index (χ1n) is 4.59. The zero-order valence-corrected chi connectivity index (χ0v) is 8.18. The number of alkyl halides is 1. The highest BCUT2D eigenvalue weighted by Gasteiger charge is 2.02. The molecule has 14 heavy (non-hydrogen) atoms. The van der Waals surface area contributed by atoms with Gasteiger partial charge in [-0.25, -0.2) is 0 Å². The molecule has 0 spiro atoms. The average molecular weight is 192 g/mol. The Bertz CT molecular complexity index is 342. The van der Waals surface area contributed by atoms with Crippen LogP contribution in [0.4, 0.5) is 10.1 Å². The summed E-state index contributed by atoms with van der Waals surface area (Å²) in [7, 11) is 0. The van der Waals surface area contributed by atoms with Crippen molar-refractivity contribution in [2.75, 3.05) is 18.5 Å². The molecule has 0 aromatic heterocycles. The van der Waals surface area contributed by atoms with Crippen LogP contribution in [0.5, 0.6) is 0 Å². The highest BCUT2D eigenvalue weighted by atomic mass is 19.1. The second kappa shape index (κ2) is 5.23. The van der Waals surface area contributed by atoms with Gasteiger partial charge in [0.1, 0.15) is 6.07 Å². The van der Waals surface area contributed by atoms with E-state index in [1.165, 1.54) is 0 Å². The van der Waals surface area contributed by atoms with E-state index in [9.17, 15) is 4.39 Å². The maximum Gasteiger partial charge on any atom is 0.102 e. The number of anilines is 1. The van der Waals surface area contributed by atoms with Gasteiger partial charge in [0.25, 0.3) is 0 Å². The molecule has 74 valence electrons. The number of hydrogen-bond donors (Lipinski definition) is 1. The lowest BCUT2D eigenvalue weighted by atomic mass is 10.1. The topological polar surface area (TPSA) is 35.8 Å². The normalized spacial score (nSPS) is 9.50. The molecule has 0 saturated carbocycles. The minimum Gasteiger partial charge on any atom is -0.384 e. The van der Waals surface area contributed by atoms with Crippen molar-refractivity contribution in [3.8, 4) is 6.07 Å². The molecular formula is C11H13FN2. The van der Waals surface area contributed by atoms with Gasteiger partial charge in [-0.3, -0.25) is 4.39 Å². The molecule has 0 aliphatic carbocycles. The van der Waals surface area contributed by atoms with E-state index in [1.807, 2.05) is 25.1 Å². The molecule has 0 aliphatic rings. The number of rotatable bonds is 4. The van der Waals surface area contributed by atoms with E-state index in [0.717, 1.165) is 11.3 Å². The molecule has 0 amide bonds. The van der Waals surface area contributed by atoms with E-state index in [-0.39, 0.29) is 6.67 Å². The van der Waals surface area contributed by atoms with Crippen molar-refractivity contribution < 1.29 is 4.39 Å². The van der Waals surface area contributed by atoms with Crippen molar-refractivity contribution in [2.24, 2.45) is 0 Å². The molecule has 0 fully saturated rings. The predicted molar refractivity (Wildman–Crippen MR) is 55.0 cm³/mol. The first kappa shape index (κ1) is 10.5. The molecule has 3 heteroatoms. The molecule has 0 aliphatic heterocycles. The Hall–Kier alpha value is -1.56. The lowest BCUT2D eigenvalue weighted by Gasteiger charge is -2.08. The molecule has 0 heterocycles. The average Bonchev–Trinajstić information content (AvgIpc) is 2.18. The van der Waals surface area contributed by atoms with Gasteiger partial charge >= 0.3 is 0 Å². The first-order valence-corrected chi connectivity index (χ1v) is 4.59. The van der Waals surface area contributed by atoms with Crippen LogP contribution in [0.1, 0.15) is 17.5 Å². The van der Waals surface area contributed by atoms with Crippen LogP contribution in [0.2, 0.25) is 0 Å². The Labute approximate surface area is 83.4 Å². The summed E-state index contributed by atoms with van der Waals surface area (Å²) < 4.78 is 11.9. The van der Waals surface area contributed by atoms with Gasteiger partial charge in [-0.05, 0) is 25.0 Å². The standard InChI is InChI=1S/C11H13FN2/c1-9-4-2-5-11(10(9)8-13)14-7-3-6-12/h2,4-5,14H,3,6-7H2,1H3. The van der Waals surface area contributed by atoms with Crippen molar-refractivity contribution in [3.63, 3.8) is 0 Å². The lowest BCUT2D eigenvalue weighted by Crippen LogP contribution is -2.04. The number of aryl methyl sites for hydroxylation is 1. The highest BCUT2D eigenvalue weighted by molar-refractivity contribution is 5.60. The largest absolute Gasteiger partial charge is 0.384 e. The summed E-state index contributed by atoms with van der Waals surface area (Å²) >= 11 is 0. The Kier molecular flexibility index (Phi) is 3.93. The number of nitrogens with one attached hydrogen (secondary N) is 1. The molecule has 0 atom stereocenters. The fourth-order valence-corrected chi connectivity index (χ4v) is 1.25. The monoisotopic (exact) mass is 192 g/mol. The number of halogens is 1. The van der Waals surface area contributed by atoms with Crippen LogP contribution in [0.3, 0.4) is 0 Å². The van der Waals surface area contributed by atoms with Gasteiger partial charge in [0.05, 0.1) is 17.9 Å². The van der Waals surface area contributed by atoms with Crippen LogP contribution < -0.4 is 5.32 Å². The fraction of sp³-hybridized carbons (Fsp3) is 0.364. The van der Waals surface area contributed by atoms with Crippen LogP contribution in [-0.2, 0) is 0 Å². The number of nitrogens with zero attached hydrogens (tertiary/aromatic N) is 1. The van der Waals surface area contributed by atoms with Crippen LogP contribution >= 0.6 is 0 Å². The quantitative estimate of drug-likeness (QED) is 0.744. The number of nitriles is 1. The third kappa shape index (κ3) is 2.46. The Morgan fingerprint density at radius 3 is 2.93 bits per heavy atom. The van der Waals surface area contributed by atoms with E-state index in [1.54, 1.807) is 0 Å². The van der Waals surface area contributed by atoms with Gasteiger partial charge in [0.15, 0.2) is 0 Å². The molecule has 0 saturated heterocycles. The van der Waals surface area contributed by atoms with Crippen LogP contribution in [0, 0.1) is 18.3 Å². The van der Waals surface area contributed by atoms with Gasteiger partial charge in [-0.2, -0.15) is 5.26 Å². The van der Waals surface area contributed by atoms with Crippen LogP contribution in [0.15, 0.2) is 18.2 Å². The maximum absolute atomic E-state index is 11.9. The van der Waals surface area contributed by atoms with Gasteiger partial charge in [0.2, 0.25) is 0 Å². The molecular weight excluding hydrogens is 179 g/mol. The van der Waals surface area contributed by atoms with Gasteiger partial charge < -0.3 is 5.32 Å². The number of benzene rings is 1. The van der Waals surface area contributed by atoms with Crippen LogP contribution in [0.25, 0.3) is 0 Å². The van der Waals surface area contributed by atoms with E-state index in [0.29, 0.717) is 18.5 Å². The third-order valence-corrected chi connectivity index (χ3v) is 2.01. The smallest absolute Gasteiger partial charge is 0.102 e. The van der Waals surface area contributed by atoms with Gasteiger partial charge in [-0.1, -0.05) is 12.1 Å². The predicted octanol–water partition coefficient (Wildman–Crippen LogP) is 2.64. The lowest BCUT2D eigenvalue weighted by molar-refractivity contribution is 0.481. The van der Waals surface area contributed by atoms with Gasteiger partial charge in [-0.15, -0.1) is 0 Å². The highest BCUT2D eigenvalue weighted by Crippen LogP contribution is 2.17. The zero-order valence-electron chi connectivity index (χ0n) is 8.18. The third-order valence-electron chi connectivity index (χ3n) is 2.01. The summed E-state index contributed by atoms with van der Waals surface area (Å²) in [5, 5.41) is 11.9. The van der Waals surface area contributed by atoms with Crippen LogP contribution in [-0.4, -0.2) is 13.2 Å². The van der Waals surface area contributed by atoms with Crippen molar-refractivity contribution in [1.82, 2.24) is 0 Å². The molecule has 1 aromatic carbocycles. The van der Waals surface area contributed by atoms with Gasteiger partial charge in [0, 0.05) is 6.54 Å². The summed E-state index contributed by atoms with van der Waals surface area (Å²) in [6.07, 6.45) is 0.471. The summed E-state index contributed by atoms with van der Waals surface area (Å²) in [5.74, 6) is 0. The maximum atomic E-state index is 11.9. The first-order chi connectivity index (χ1) is 6.79. The second-order valence-electron chi connectivity index (χ2n) is 3.08. The minimum atomic E-state index is -0.333. The van der Waals surface area contributed by atoms with Crippen molar-refractivity contribution in [3.05, 3.63) is 29.3 Å². The molecule has 1 aromatic rings. The van der Waals surface area contributed by atoms with Crippen molar-refractivity contribution in [1.29, 1.82) is 5.26 Å². The zero-order chi connectivity index (χ0) is 10.4. The Morgan fingerprint density at radius 1 is 1.50 bits per heavy atom. The second-order valence-corrected chi connectivity index (χ2v) is 3.08. The molecule has 0 bridgehead atoms. The SMILES string of the molecule is Cc1cccc(NCCCF)c1C#N. The molecule has 0 radical (unpaired) electrons. The summed E-state index contributed by atoms with van der Waals surface area (Å²) in [5.41, 5.74) is 2.38. The minimum absolute atomic E-state index is 0.333. The molecule has 1 rings (SSSR count). The summed E-state index contributed by atoms with van der Waals surface area (Å²) in [4.78, 5) is 0. The van der Waals surface area contributed by atoms with E-state index < -0.39 is 0 Å². The molecule has 2 nitrogen and oxygen atoms in total. The van der Waals surface area contributed by atoms with E-state index in [4.69, 9.17) is 5.26 Å². The Balaban J connectivity index is 2.76. The van der Waals surface area contributed by atoms with E-state index in [2.05, 4.69) is 11.4 Å². The fourth-order valence-electron chi connectivity index (χ4n) is 1.25. The molecule has 1 N–H and O–H groups in total.